The molecule has 20 heavy (non-hydrogen) atoms. The minimum absolute atomic E-state index is 0.00798. The van der Waals surface area contributed by atoms with E-state index in [0.29, 0.717) is 11.3 Å². The molecule has 2 aromatic rings. The third-order valence-electron chi connectivity index (χ3n) is 2.96. The molecule has 0 aliphatic rings. The van der Waals surface area contributed by atoms with Gasteiger partial charge in [0.05, 0.1) is 22.4 Å². The van der Waals surface area contributed by atoms with Gasteiger partial charge in [0.15, 0.2) is 0 Å². The highest BCUT2D eigenvalue weighted by Crippen LogP contribution is 2.28. The average Bonchev–Trinajstić information content (AvgIpc) is 2.70. The van der Waals surface area contributed by atoms with Crippen molar-refractivity contribution in [2.75, 3.05) is 5.32 Å². The van der Waals surface area contributed by atoms with Gasteiger partial charge in [-0.05, 0) is 39.0 Å². The number of thiazole rings is 1. The largest absolute Gasteiger partial charge is 0.389 e. The maximum Gasteiger partial charge on any atom is 0.147 e. The molecular weight excluding hydrogens is 293 g/mol. The van der Waals surface area contributed by atoms with E-state index in [2.05, 4.69) is 10.3 Å². The highest BCUT2D eigenvalue weighted by molar-refractivity contribution is 7.80. The van der Waals surface area contributed by atoms with Crippen molar-refractivity contribution in [1.82, 2.24) is 4.98 Å². The number of aromatic nitrogens is 1. The Kier molecular flexibility index (Phi) is 4.35. The normalized spacial score (nSPS) is 12.2. The van der Waals surface area contributed by atoms with Gasteiger partial charge in [0, 0.05) is 10.4 Å². The molecule has 1 unspecified atom stereocenters. The molecule has 1 aromatic carbocycles. The lowest BCUT2D eigenvalue weighted by Gasteiger charge is -2.15. The fourth-order valence-corrected chi connectivity index (χ4v) is 3.09. The predicted octanol–water partition coefficient (Wildman–Crippen LogP) is 3.71. The van der Waals surface area contributed by atoms with Crippen LogP contribution in [0.25, 0.3) is 0 Å². The predicted molar refractivity (Wildman–Crippen MR) is 85.9 cm³/mol. The molecule has 3 N–H and O–H groups in total. The number of nitrogens with two attached hydrogens (primary N) is 1. The van der Waals surface area contributed by atoms with Crippen molar-refractivity contribution in [3.8, 4) is 0 Å². The molecule has 3 nitrogen and oxygen atoms in total. The zero-order chi connectivity index (χ0) is 14.9. The SMILES string of the molecule is Cc1nc(C)c(C(C)Nc2ccc(C(N)=S)cc2F)s1. The quantitative estimate of drug-likeness (QED) is 0.845. The number of aryl methyl sites for hydroxylation is 2. The summed E-state index contributed by atoms with van der Waals surface area (Å²) >= 11 is 6.45. The first-order chi connectivity index (χ1) is 9.38. The van der Waals surface area contributed by atoms with Gasteiger partial charge in [-0.2, -0.15) is 0 Å². The lowest BCUT2D eigenvalue weighted by atomic mass is 10.1. The van der Waals surface area contributed by atoms with Gasteiger partial charge in [0.1, 0.15) is 10.8 Å². The van der Waals surface area contributed by atoms with E-state index in [1.807, 2.05) is 20.8 Å². The Labute approximate surface area is 127 Å². The molecule has 1 aromatic heterocycles. The molecule has 0 saturated heterocycles. The zero-order valence-corrected chi connectivity index (χ0v) is 13.2. The summed E-state index contributed by atoms with van der Waals surface area (Å²) < 4.78 is 14.0. The monoisotopic (exact) mass is 309 g/mol. The summed E-state index contributed by atoms with van der Waals surface area (Å²) in [4.78, 5) is 5.69. The molecule has 6 heteroatoms. The van der Waals surface area contributed by atoms with E-state index in [1.54, 1.807) is 23.5 Å². The topological polar surface area (TPSA) is 50.9 Å². The van der Waals surface area contributed by atoms with Gasteiger partial charge >= 0.3 is 0 Å². The fraction of sp³-hybridized carbons (Fsp3) is 0.286. The van der Waals surface area contributed by atoms with Crippen LogP contribution in [0.15, 0.2) is 18.2 Å². The van der Waals surface area contributed by atoms with Gasteiger partial charge in [-0.15, -0.1) is 11.3 Å². The van der Waals surface area contributed by atoms with E-state index < -0.39 is 0 Å². The molecule has 0 aliphatic heterocycles. The zero-order valence-electron chi connectivity index (χ0n) is 11.5. The van der Waals surface area contributed by atoms with Crippen molar-refractivity contribution in [3.63, 3.8) is 0 Å². The van der Waals surface area contributed by atoms with Crippen molar-refractivity contribution in [2.45, 2.75) is 26.8 Å². The third kappa shape index (κ3) is 3.13. The van der Waals surface area contributed by atoms with Crippen LogP contribution in [0.1, 0.15) is 34.1 Å². The lowest BCUT2D eigenvalue weighted by Crippen LogP contribution is -2.11. The molecular formula is C14H16FN3S2. The summed E-state index contributed by atoms with van der Waals surface area (Å²) in [5, 5.41) is 4.17. The summed E-state index contributed by atoms with van der Waals surface area (Å²) in [6, 6.07) is 4.71. The van der Waals surface area contributed by atoms with E-state index in [9.17, 15) is 4.39 Å². The van der Waals surface area contributed by atoms with Gasteiger partial charge in [-0.1, -0.05) is 12.2 Å². The summed E-state index contributed by atoms with van der Waals surface area (Å²) in [6.45, 7) is 5.91. The maximum atomic E-state index is 14.0. The van der Waals surface area contributed by atoms with Crippen LogP contribution >= 0.6 is 23.6 Å². The Balaban J connectivity index is 2.22. The molecule has 0 saturated carbocycles. The van der Waals surface area contributed by atoms with Crippen molar-refractivity contribution in [2.24, 2.45) is 5.73 Å². The molecule has 1 heterocycles. The van der Waals surface area contributed by atoms with Crippen LogP contribution in [0.2, 0.25) is 0 Å². The van der Waals surface area contributed by atoms with Crippen LogP contribution in [0.3, 0.4) is 0 Å². The van der Waals surface area contributed by atoms with Crippen molar-refractivity contribution < 1.29 is 4.39 Å². The summed E-state index contributed by atoms with van der Waals surface area (Å²) in [7, 11) is 0. The number of benzene rings is 1. The third-order valence-corrected chi connectivity index (χ3v) is 4.45. The summed E-state index contributed by atoms with van der Waals surface area (Å²) in [5.41, 5.74) is 7.43. The van der Waals surface area contributed by atoms with Crippen LogP contribution in [-0.4, -0.2) is 9.97 Å². The van der Waals surface area contributed by atoms with Crippen LogP contribution in [0.4, 0.5) is 10.1 Å². The lowest BCUT2D eigenvalue weighted by molar-refractivity contribution is 0.627. The second-order valence-corrected chi connectivity index (χ2v) is 6.28. The number of halogens is 1. The number of rotatable bonds is 4. The Hall–Kier alpha value is -1.53. The van der Waals surface area contributed by atoms with Crippen LogP contribution in [0.5, 0.6) is 0 Å². The van der Waals surface area contributed by atoms with E-state index in [-0.39, 0.29) is 16.8 Å². The molecule has 1 atom stereocenters. The van der Waals surface area contributed by atoms with Crippen molar-refractivity contribution >= 4 is 34.2 Å². The molecule has 0 radical (unpaired) electrons. The first-order valence-corrected chi connectivity index (χ1v) is 7.40. The molecule has 0 aliphatic carbocycles. The summed E-state index contributed by atoms with van der Waals surface area (Å²) in [6.07, 6.45) is 0. The molecule has 0 fully saturated rings. The molecule has 106 valence electrons. The average molecular weight is 309 g/mol. The van der Waals surface area contributed by atoms with Crippen LogP contribution in [-0.2, 0) is 0 Å². The van der Waals surface area contributed by atoms with E-state index in [0.717, 1.165) is 15.6 Å². The van der Waals surface area contributed by atoms with E-state index in [4.69, 9.17) is 18.0 Å². The first kappa shape index (κ1) is 14.9. The van der Waals surface area contributed by atoms with Gasteiger partial charge in [0.25, 0.3) is 0 Å². The minimum atomic E-state index is -0.360. The minimum Gasteiger partial charge on any atom is -0.389 e. The Morgan fingerprint density at radius 1 is 1.45 bits per heavy atom. The Morgan fingerprint density at radius 2 is 2.15 bits per heavy atom. The standard InChI is InChI=1S/C14H16FN3S2/c1-7-13(20-9(3)17-7)8(2)18-12-5-4-10(14(16)19)6-11(12)15/h4-6,8,18H,1-3H3,(H2,16,19). The second kappa shape index (κ2) is 5.85. The van der Waals surface area contributed by atoms with Gasteiger partial charge in [-0.3, -0.25) is 0 Å². The Bertz CT molecular complexity index is 652. The van der Waals surface area contributed by atoms with Crippen LogP contribution in [0, 0.1) is 19.7 Å². The van der Waals surface area contributed by atoms with E-state index in [1.165, 1.54) is 6.07 Å². The van der Waals surface area contributed by atoms with Crippen molar-refractivity contribution in [1.29, 1.82) is 0 Å². The van der Waals surface area contributed by atoms with Crippen molar-refractivity contribution in [3.05, 3.63) is 45.2 Å². The summed E-state index contributed by atoms with van der Waals surface area (Å²) in [5.74, 6) is -0.360. The van der Waals surface area contributed by atoms with Crippen LogP contribution < -0.4 is 11.1 Å². The number of hydrogen-bond acceptors (Lipinski definition) is 4. The number of nitrogens with zero attached hydrogens (tertiary/aromatic N) is 1. The van der Waals surface area contributed by atoms with Gasteiger partial charge in [0.2, 0.25) is 0 Å². The number of hydrogen-bond donors (Lipinski definition) is 2. The van der Waals surface area contributed by atoms with Gasteiger partial charge in [-0.25, -0.2) is 9.37 Å². The maximum absolute atomic E-state index is 14.0. The smallest absolute Gasteiger partial charge is 0.147 e. The molecule has 2 rings (SSSR count). The first-order valence-electron chi connectivity index (χ1n) is 6.18. The highest BCUT2D eigenvalue weighted by atomic mass is 32.1. The highest BCUT2D eigenvalue weighted by Gasteiger charge is 2.14. The second-order valence-electron chi connectivity index (χ2n) is 4.61. The number of anilines is 1. The van der Waals surface area contributed by atoms with E-state index >= 15 is 0 Å². The Morgan fingerprint density at radius 3 is 2.65 bits per heavy atom. The number of thiocarbonyl (C=S) groups is 1. The molecule has 0 bridgehead atoms. The van der Waals surface area contributed by atoms with Gasteiger partial charge < -0.3 is 11.1 Å². The number of nitrogens with one attached hydrogen (secondary N) is 1. The fourth-order valence-electron chi connectivity index (χ4n) is 2.03. The molecule has 0 spiro atoms. The molecule has 0 amide bonds.